The molecule has 1 fully saturated rings. The number of benzene rings is 1. The summed E-state index contributed by atoms with van der Waals surface area (Å²) in [5.74, 6) is 0.107. The van der Waals surface area contributed by atoms with Gasteiger partial charge < -0.3 is 15.4 Å². The van der Waals surface area contributed by atoms with E-state index in [4.69, 9.17) is 4.74 Å². The number of nitro groups is 1. The molecule has 1 heterocycles. The highest BCUT2D eigenvalue weighted by molar-refractivity contribution is 5.95. The standard InChI is InChI=1S/C20H24N4O4/c1-2-3-11-28-20-15(5-4-10-21-20)13-22-19(25)14-6-9-17(23-16-7-8-16)18(12-14)24(26)27/h4-6,9-10,12,16,23H,2-3,7-8,11,13H2,1H3,(H,22,25). The van der Waals surface area contributed by atoms with E-state index in [1.165, 1.54) is 6.07 Å². The highest BCUT2D eigenvalue weighted by Gasteiger charge is 2.25. The van der Waals surface area contributed by atoms with Crippen LogP contribution in [-0.2, 0) is 6.54 Å². The van der Waals surface area contributed by atoms with Crippen molar-refractivity contribution in [2.75, 3.05) is 11.9 Å². The Labute approximate surface area is 163 Å². The van der Waals surface area contributed by atoms with Crippen molar-refractivity contribution in [3.63, 3.8) is 0 Å². The SMILES string of the molecule is CCCCOc1ncccc1CNC(=O)c1ccc(NC2CC2)c([N+](=O)[O-])c1. The Morgan fingerprint density at radius 2 is 2.18 bits per heavy atom. The summed E-state index contributed by atoms with van der Waals surface area (Å²) in [6.45, 7) is 2.87. The Morgan fingerprint density at radius 3 is 2.89 bits per heavy atom. The molecular weight excluding hydrogens is 360 g/mol. The predicted octanol–water partition coefficient (Wildman–Crippen LogP) is 3.67. The van der Waals surface area contributed by atoms with E-state index in [2.05, 4.69) is 22.5 Å². The minimum absolute atomic E-state index is 0.0930. The quantitative estimate of drug-likeness (QED) is 0.368. The molecule has 0 unspecified atom stereocenters. The van der Waals surface area contributed by atoms with E-state index in [-0.39, 0.29) is 29.7 Å². The Morgan fingerprint density at radius 1 is 1.36 bits per heavy atom. The van der Waals surface area contributed by atoms with Gasteiger partial charge in [0.25, 0.3) is 11.6 Å². The van der Waals surface area contributed by atoms with Crippen LogP contribution in [0.25, 0.3) is 0 Å². The maximum atomic E-state index is 12.5. The number of nitrogens with zero attached hydrogens (tertiary/aromatic N) is 2. The molecule has 2 N–H and O–H groups in total. The zero-order valence-electron chi connectivity index (χ0n) is 15.8. The van der Waals surface area contributed by atoms with Crippen LogP contribution in [0.3, 0.4) is 0 Å². The molecule has 1 saturated carbocycles. The van der Waals surface area contributed by atoms with E-state index in [1.54, 1.807) is 24.4 Å². The molecule has 0 radical (unpaired) electrons. The van der Waals surface area contributed by atoms with Crippen molar-refractivity contribution in [3.8, 4) is 5.88 Å². The van der Waals surface area contributed by atoms with Gasteiger partial charge in [-0.25, -0.2) is 4.98 Å². The first-order chi connectivity index (χ1) is 13.6. The number of nitro benzene ring substituents is 1. The Hall–Kier alpha value is -3.16. The lowest BCUT2D eigenvalue weighted by Crippen LogP contribution is -2.23. The Kier molecular flexibility index (Phi) is 6.41. The van der Waals surface area contributed by atoms with Gasteiger partial charge in [0, 0.05) is 36.0 Å². The lowest BCUT2D eigenvalue weighted by Gasteiger charge is -2.11. The van der Waals surface area contributed by atoms with Crippen LogP contribution in [0.5, 0.6) is 5.88 Å². The second kappa shape index (κ2) is 9.16. The van der Waals surface area contributed by atoms with Crippen molar-refractivity contribution in [1.29, 1.82) is 0 Å². The van der Waals surface area contributed by atoms with Gasteiger partial charge in [-0.3, -0.25) is 14.9 Å². The van der Waals surface area contributed by atoms with Crippen molar-refractivity contribution in [1.82, 2.24) is 10.3 Å². The second-order valence-electron chi connectivity index (χ2n) is 6.76. The highest BCUT2D eigenvalue weighted by atomic mass is 16.6. The second-order valence-corrected chi connectivity index (χ2v) is 6.76. The van der Waals surface area contributed by atoms with Gasteiger partial charge in [0.05, 0.1) is 11.5 Å². The maximum absolute atomic E-state index is 12.5. The number of unbranched alkanes of at least 4 members (excludes halogenated alkanes) is 1. The van der Waals surface area contributed by atoms with Crippen molar-refractivity contribution >= 4 is 17.3 Å². The number of aromatic nitrogens is 1. The zero-order valence-corrected chi connectivity index (χ0v) is 15.8. The zero-order chi connectivity index (χ0) is 19.9. The summed E-state index contributed by atoms with van der Waals surface area (Å²) in [6, 6.07) is 8.39. The highest BCUT2D eigenvalue weighted by Crippen LogP contribution is 2.31. The fourth-order valence-electron chi connectivity index (χ4n) is 2.67. The van der Waals surface area contributed by atoms with Crippen LogP contribution in [0.1, 0.15) is 48.5 Å². The average Bonchev–Trinajstić information content (AvgIpc) is 3.51. The van der Waals surface area contributed by atoms with Crippen molar-refractivity contribution in [2.45, 2.75) is 45.2 Å². The monoisotopic (exact) mass is 384 g/mol. The number of carbonyl (C=O) groups excluding carboxylic acids is 1. The number of anilines is 1. The van der Waals surface area contributed by atoms with E-state index in [1.807, 2.05) is 6.07 Å². The molecule has 0 spiro atoms. The third-order valence-corrected chi connectivity index (χ3v) is 4.42. The number of pyridine rings is 1. The first-order valence-corrected chi connectivity index (χ1v) is 9.48. The summed E-state index contributed by atoms with van der Waals surface area (Å²) in [6.07, 6.45) is 5.60. The number of ether oxygens (including phenoxy) is 1. The third-order valence-electron chi connectivity index (χ3n) is 4.42. The van der Waals surface area contributed by atoms with E-state index in [0.717, 1.165) is 31.2 Å². The first kappa shape index (κ1) is 19.6. The van der Waals surface area contributed by atoms with Crippen molar-refractivity contribution in [2.24, 2.45) is 0 Å². The van der Waals surface area contributed by atoms with Crippen LogP contribution in [0.15, 0.2) is 36.5 Å². The maximum Gasteiger partial charge on any atom is 0.293 e. The molecule has 1 aliphatic rings. The van der Waals surface area contributed by atoms with Gasteiger partial charge in [-0.05, 0) is 37.5 Å². The number of hydrogen-bond acceptors (Lipinski definition) is 6. The summed E-state index contributed by atoms with van der Waals surface area (Å²) < 4.78 is 5.66. The molecule has 1 aromatic heterocycles. The predicted molar refractivity (Wildman–Crippen MR) is 106 cm³/mol. The van der Waals surface area contributed by atoms with Gasteiger partial charge in [0.1, 0.15) is 5.69 Å². The molecule has 0 bridgehead atoms. The molecule has 148 valence electrons. The minimum Gasteiger partial charge on any atom is -0.477 e. The number of rotatable bonds is 10. The van der Waals surface area contributed by atoms with Crippen LogP contribution < -0.4 is 15.4 Å². The first-order valence-electron chi connectivity index (χ1n) is 9.48. The van der Waals surface area contributed by atoms with Crippen LogP contribution >= 0.6 is 0 Å². The van der Waals surface area contributed by atoms with Gasteiger partial charge in [0.2, 0.25) is 5.88 Å². The molecule has 0 aliphatic heterocycles. The summed E-state index contributed by atoms with van der Waals surface area (Å²) in [4.78, 5) is 27.6. The summed E-state index contributed by atoms with van der Waals surface area (Å²) in [7, 11) is 0. The molecule has 28 heavy (non-hydrogen) atoms. The van der Waals surface area contributed by atoms with Crippen LogP contribution in [0, 0.1) is 10.1 Å². The topological polar surface area (TPSA) is 106 Å². The summed E-state index contributed by atoms with van der Waals surface area (Å²) >= 11 is 0. The number of nitrogens with one attached hydrogen (secondary N) is 2. The normalized spacial score (nSPS) is 13.0. The Bertz CT molecular complexity index is 852. The van der Waals surface area contributed by atoms with Gasteiger partial charge in [0.15, 0.2) is 0 Å². The fourth-order valence-corrected chi connectivity index (χ4v) is 2.67. The third kappa shape index (κ3) is 5.18. The van der Waals surface area contributed by atoms with Crippen LogP contribution in [-0.4, -0.2) is 28.5 Å². The molecule has 1 amide bonds. The molecular formula is C20H24N4O4. The largest absolute Gasteiger partial charge is 0.477 e. The average molecular weight is 384 g/mol. The van der Waals surface area contributed by atoms with E-state index in [9.17, 15) is 14.9 Å². The summed E-state index contributed by atoms with van der Waals surface area (Å²) in [5.41, 5.74) is 1.35. The van der Waals surface area contributed by atoms with Gasteiger partial charge in [-0.2, -0.15) is 0 Å². The number of amides is 1. The molecule has 0 atom stereocenters. The van der Waals surface area contributed by atoms with Gasteiger partial charge in [-0.15, -0.1) is 0 Å². The van der Waals surface area contributed by atoms with E-state index < -0.39 is 4.92 Å². The smallest absolute Gasteiger partial charge is 0.293 e. The van der Waals surface area contributed by atoms with Crippen molar-refractivity contribution in [3.05, 3.63) is 57.8 Å². The summed E-state index contributed by atoms with van der Waals surface area (Å²) in [5, 5.41) is 17.3. The molecule has 2 aromatic rings. The molecule has 3 rings (SSSR count). The minimum atomic E-state index is -0.470. The van der Waals surface area contributed by atoms with Gasteiger partial charge >= 0.3 is 0 Å². The van der Waals surface area contributed by atoms with Crippen LogP contribution in [0.2, 0.25) is 0 Å². The van der Waals surface area contributed by atoms with E-state index in [0.29, 0.717) is 18.2 Å². The Balaban J connectivity index is 1.66. The molecule has 1 aliphatic carbocycles. The van der Waals surface area contributed by atoms with Crippen molar-refractivity contribution < 1.29 is 14.5 Å². The molecule has 0 saturated heterocycles. The van der Waals surface area contributed by atoms with Crippen LogP contribution in [0.4, 0.5) is 11.4 Å². The lowest BCUT2D eigenvalue weighted by molar-refractivity contribution is -0.384. The number of hydrogen-bond donors (Lipinski definition) is 2. The van der Waals surface area contributed by atoms with Gasteiger partial charge in [-0.1, -0.05) is 19.4 Å². The van der Waals surface area contributed by atoms with E-state index >= 15 is 0 Å². The molecule has 8 heteroatoms. The molecule has 1 aromatic carbocycles. The lowest BCUT2D eigenvalue weighted by atomic mass is 10.1. The molecule has 8 nitrogen and oxygen atoms in total. The fraction of sp³-hybridized carbons (Fsp3) is 0.400. The number of carbonyl (C=O) groups is 1.